The van der Waals surface area contributed by atoms with Crippen molar-refractivity contribution >= 4 is 0 Å². The summed E-state index contributed by atoms with van der Waals surface area (Å²) in [5, 5.41) is 0. The number of ether oxygens (including phenoxy) is 3. The Balaban J connectivity index is 0.824. The number of rotatable bonds is 16. The van der Waals surface area contributed by atoms with Gasteiger partial charge in [0.2, 0.25) is 0 Å². The molecular weight excluding hydrogens is 737 g/mol. The Hall–Kier alpha value is -6.92. The van der Waals surface area contributed by atoms with E-state index in [4.69, 9.17) is 44.1 Å². The first kappa shape index (κ1) is 38.9. The molecule has 0 aliphatic rings. The van der Waals surface area contributed by atoms with Gasteiger partial charge in [0, 0.05) is 11.4 Å². The minimum absolute atomic E-state index is 0.316. The molecule has 0 N–H and O–H groups in total. The highest BCUT2D eigenvalue weighted by molar-refractivity contribution is 5.56. The van der Waals surface area contributed by atoms with Gasteiger partial charge in [-0.3, -0.25) is 9.97 Å². The molecule has 59 heavy (non-hydrogen) atoms. The maximum atomic E-state index is 6.08. The fraction of sp³-hybridized carbons (Fsp3) is 0.167. The van der Waals surface area contributed by atoms with E-state index in [9.17, 15) is 0 Å². The Bertz CT molecular complexity index is 2490. The van der Waals surface area contributed by atoms with Gasteiger partial charge in [-0.15, -0.1) is 0 Å². The SMILES string of the molecule is Cc1cccc(-c2cccc(COCc3cccc(-c4cccc(COCc5cccc(-c6cccc(COCc7cccc(-c8cccc(C)n8)n7)n6)n5)n4)n3)n2)n1. The third kappa shape index (κ3) is 10.7. The van der Waals surface area contributed by atoms with Gasteiger partial charge in [0.1, 0.15) is 0 Å². The van der Waals surface area contributed by atoms with Crippen molar-refractivity contribution in [1.82, 2.24) is 39.9 Å². The average Bonchev–Trinajstić information content (AvgIpc) is 3.27. The predicted octanol–water partition coefficient (Wildman–Crippen LogP) is 9.28. The first-order valence-electron chi connectivity index (χ1n) is 19.4. The summed E-state index contributed by atoms with van der Waals surface area (Å²) in [6.07, 6.45) is 0. The second-order valence-corrected chi connectivity index (χ2v) is 13.9. The predicted molar refractivity (Wildman–Crippen MR) is 225 cm³/mol. The fourth-order valence-electron chi connectivity index (χ4n) is 6.37. The van der Waals surface area contributed by atoms with E-state index in [1.54, 1.807) is 0 Å². The lowest BCUT2D eigenvalue weighted by molar-refractivity contribution is 0.102. The van der Waals surface area contributed by atoms with Crippen LogP contribution >= 0.6 is 0 Å². The Kier molecular flexibility index (Phi) is 12.5. The van der Waals surface area contributed by atoms with E-state index in [0.717, 1.165) is 91.1 Å². The minimum Gasteiger partial charge on any atom is -0.369 e. The molecule has 8 aromatic rings. The molecular formula is C48H42N8O3. The van der Waals surface area contributed by atoms with Crippen LogP contribution in [0.5, 0.6) is 0 Å². The summed E-state index contributed by atoms with van der Waals surface area (Å²) in [6, 6.07) is 47.0. The van der Waals surface area contributed by atoms with Gasteiger partial charge in [-0.1, -0.05) is 48.5 Å². The van der Waals surface area contributed by atoms with Gasteiger partial charge in [-0.2, -0.15) is 0 Å². The van der Waals surface area contributed by atoms with Crippen molar-refractivity contribution in [2.45, 2.75) is 53.5 Å². The molecule has 0 unspecified atom stereocenters. The van der Waals surface area contributed by atoms with Crippen LogP contribution in [0.2, 0.25) is 0 Å². The first-order chi connectivity index (χ1) is 29.0. The Labute approximate surface area is 343 Å². The van der Waals surface area contributed by atoms with Gasteiger partial charge in [0.25, 0.3) is 0 Å². The number of aromatic nitrogens is 8. The summed E-state index contributed by atoms with van der Waals surface area (Å²) >= 11 is 0. The summed E-state index contributed by atoms with van der Waals surface area (Å²) < 4.78 is 18.1. The average molecular weight is 779 g/mol. The highest BCUT2D eigenvalue weighted by Crippen LogP contribution is 2.21. The van der Waals surface area contributed by atoms with Crippen LogP contribution in [0, 0.1) is 13.8 Å². The zero-order chi connectivity index (χ0) is 40.2. The van der Waals surface area contributed by atoms with Gasteiger partial charge in [0.15, 0.2) is 0 Å². The van der Waals surface area contributed by atoms with Crippen LogP contribution in [0.15, 0.2) is 146 Å². The molecule has 11 nitrogen and oxygen atoms in total. The molecule has 0 bridgehead atoms. The van der Waals surface area contributed by atoms with E-state index in [1.165, 1.54) is 0 Å². The molecule has 292 valence electrons. The van der Waals surface area contributed by atoms with Crippen molar-refractivity contribution in [1.29, 1.82) is 0 Å². The van der Waals surface area contributed by atoms with E-state index in [0.29, 0.717) is 39.6 Å². The molecule has 8 aromatic heterocycles. The molecule has 11 heteroatoms. The van der Waals surface area contributed by atoms with Crippen LogP contribution in [-0.4, -0.2) is 39.9 Å². The Morgan fingerprint density at radius 1 is 0.254 bits per heavy atom. The summed E-state index contributed by atoms with van der Waals surface area (Å²) in [7, 11) is 0. The normalized spacial score (nSPS) is 11.2. The minimum atomic E-state index is 0.316. The molecule has 0 amide bonds. The van der Waals surface area contributed by atoms with E-state index >= 15 is 0 Å². The zero-order valence-electron chi connectivity index (χ0n) is 32.9. The number of nitrogens with zero attached hydrogens (tertiary/aromatic N) is 8. The maximum absolute atomic E-state index is 6.08. The van der Waals surface area contributed by atoms with Crippen molar-refractivity contribution in [3.05, 3.63) is 191 Å². The van der Waals surface area contributed by atoms with Crippen LogP contribution in [-0.2, 0) is 53.9 Å². The standard InChI is InChI=1S/C48H42N8O3/c1-33-11-3-19-41(49-33)43-21-5-13-35(51-43)27-57-29-37-15-7-23-45(53-37)47-25-9-17-39(55-47)31-59-32-40-18-10-26-48(56-40)46-24-8-16-38(54-46)30-58-28-36-14-6-22-44(52-36)42-20-4-12-34(2)50-42/h3-26H,27-32H2,1-2H3. The summed E-state index contributed by atoms with van der Waals surface area (Å²) in [6.45, 7) is 5.97. The Morgan fingerprint density at radius 2 is 0.441 bits per heavy atom. The number of pyridine rings is 8. The maximum Gasteiger partial charge on any atom is 0.0893 e. The molecule has 8 heterocycles. The number of hydrogen-bond acceptors (Lipinski definition) is 11. The fourth-order valence-corrected chi connectivity index (χ4v) is 6.37. The summed E-state index contributed by atoms with van der Waals surface area (Å²) in [4.78, 5) is 38.0. The van der Waals surface area contributed by atoms with Crippen LogP contribution < -0.4 is 0 Å². The second-order valence-electron chi connectivity index (χ2n) is 13.9. The van der Waals surface area contributed by atoms with Crippen LogP contribution in [0.25, 0.3) is 45.6 Å². The molecule has 0 aliphatic carbocycles. The molecule has 0 aromatic carbocycles. The molecule has 8 rings (SSSR count). The molecule has 0 spiro atoms. The second kappa shape index (κ2) is 19.0. The van der Waals surface area contributed by atoms with Crippen molar-refractivity contribution in [3.8, 4) is 45.6 Å². The van der Waals surface area contributed by atoms with Crippen molar-refractivity contribution in [2.75, 3.05) is 0 Å². The molecule has 0 atom stereocenters. The highest BCUT2D eigenvalue weighted by Gasteiger charge is 2.10. The van der Waals surface area contributed by atoms with Gasteiger partial charge in [-0.05, 0) is 111 Å². The monoisotopic (exact) mass is 778 g/mol. The third-order valence-corrected chi connectivity index (χ3v) is 9.17. The lowest BCUT2D eigenvalue weighted by atomic mass is 10.2. The zero-order valence-corrected chi connectivity index (χ0v) is 32.9. The van der Waals surface area contributed by atoms with Crippen molar-refractivity contribution in [2.24, 2.45) is 0 Å². The van der Waals surface area contributed by atoms with Crippen LogP contribution in [0.4, 0.5) is 0 Å². The van der Waals surface area contributed by atoms with E-state index < -0.39 is 0 Å². The topological polar surface area (TPSA) is 131 Å². The first-order valence-corrected chi connectivity index (χ1v) is 19.4. The summed E-state index contributed by atoms with van der Waals surface area (Å²) in [5.41, 5.74) is 13.1. The quantitative estimate of drug-likeness (QED) is 0.0930. The molecule has 0 saturated carbocycles. The van der Waals surface area contributed by atoms with Gasteiger partial charge in [0.05, 0.1) is 119 Å². The smallest absolute Gasteiger partial charge is 0.0893 e. The van der Waals surface area contributed by atoms with Gasteiger partial charge >= 0.3 is 0 Å². The van der Waals surface area contributed by atoms with Gasteiger partial charge < -0.3 is 14.2 Å². The Morgan fingerprint density at radius 3 is 0.644 bits per heavy atom. The van der Waals surface area contributed by atoms with E-state index in [-0.39, 0.29) is 0 Å². The van der Waals surface area contributed by atoms with Crippen molar-refractivity contribution in [3.63, 3.8) is 0 Å². The molecule has 0 aliphatic heterocycles. The largest absolute Gasteiger partial charge is 0.369 e. The third-order valence-electron chi connectivity index (χ3n) is 9.17. The van der Waals surface area contributed by atoms with E-state index in [1.807, 2.05) is 159 Å². The number of hydrogen-bond donors (Lipinski definition) is 0. The van der Waals surface area contributed by atoms with E-state index in [2.05, 4.69) is 9.97 Å². The number of aryl methyl sites for hydroxylation is 2. The van der Waals surface area contributed by atoms with Crippen LogP contribution in [0.3, 0.4) is 0 Å². The van der Waals surface area contributed by atoms with Gasteiger partial charge in [-0.25, -0.2) is 29.9 Å². The highest BCUT2D eigenvalue weighted by atomic mass is 16.5. The lowest BCUT2D eigenvalue weighted by Gasteiger charge is -2.09. The summed E-state index contributed by atoms with van der Waals surface area (Å²) in [5.74, 6) is 0. The van der Waals surface area contributed by atoms with Crippen molar-refractivity contribution < 1.29 is 14.2 Å². The lowest BCUT2D eigenvalue weighted by Crippen LogP contribution is -2.02. The molecule has 0 radical (unpaired) electrons. The molecule has 0 fully saturated rings. The van der Waals surface area contributed by atoms with Crippen LogP contribution in [0.1, 0.15) is 45.6 Å². The molecule has 0 saturated heterocycles.